The number of rotatable bonds is 3. The lowest BCUT2D eigenvalue weighted by Gasteiger charge is -2.24. The van der Waals surface area contributed by atoms with Gasteiger partial charge in [0.25, 0.3) is 0 Å². The summed E-state index contributed by atoms with van der Waals surface area (Å²) in [6.07, 6.45) is 4.62. The molecule has 1 fully saturated rings. The maximum absolute atomic E-state index is 5.97. The molecule has 0 amide bonds. The molecule has 2 aromatic rings. The molecule has 1 aliphatic carbocycles. The Morgan fingerprint density at radius 1 is 1.32 bits per heavy atom. The predicted molar refractivity (Wildman–Crippen MR) is 80.0 cm³/mol. The first kappa shape index (κ1) is 12.9. The monoisotopic (exact) mass is 276 g/mol. The average Bonchev–Trinajstić information content (AvgIpc) is 2.83. The number of ether oxygens (including phenoxy) is 1. The quantitative estimate of drug-likeness (QED) is 0.930. The summed E-state index contributed by atoms with van der Waals surface area (Å²) in [5.74, 6) is 1.55. The summed E-state index contributed by atoms with van der Waals surface area (Å²) < 4.78 is 6.78. The average molecular weight is 276 g/mol. The second kappa shape index (κ2) is 5.47. The van der Waals surface area contributed by atoms with E-state index in [0.29, 0.717) is 18.6 Å². The first-order valence-electron chi connectivity index (χ1n) is 7.05. The molecule has 102 valence electrons. The minimum absolute atomic E-state index is 0.398. The molecule has 1 heterocycles. The maximum atomic E-state index is 5.97. The van der Waals surface area contributed by atoms with Crippen LogP contribution in [-0.4, -0.2) is 17.6 Å². The van der Waals surface area contributed by atoms with E-state index in [4.69, 9.17) is 15.5 Å². The number of benzene rings is 1. The van der Waals surface area contributed by atoms with Gasteiger partial charge in [-0.3, -0.25) is 0 Å². The molecule has 1 saturated carbocycles. The summed E-state index contributed by atoms with van der Waals surface area (Å²) in [5, 5.41) is 1.27. The van der Waals surface area contributed by atoms with E-state index < -0.39 is 0 Å². The van der Waals surface area contributed by atoms with E-state index >= 15 is 0 Å². The summed E-state index contributed by atoms with van der Waals surface area (Å²) in [6, 6.07) is 6.57. The molecule has 0 aliphatic heterocycles. The standard InChI is InChI=1S/C15H20N2OS/c1-2-18-12-7-8-13-14(9-12)19-15(17-13)10-3-5-11(16)6-4-10/h7-11H,2-6,16H2,1H3. The van der Waals surface area contributed by atoms with Crippen molar-refractivity contribution in [1.29, 1.82) is 0 Å². The van der Waals surface area contributed by atoms with Gasteiger partial charge in [0.05, 0.1) is 21.8 Å². The van der Waals surface area contributed by atoms with Crippen LogP contribution >= 0.6 is 11.3 Å². The van der Waals surface area contributed by atoms with Crippen molar-refractivity contribution in [3.05, 3.63) is 23.2 Å². The van der Waals surface area contributed by atoms with Gasteiger partial charge in [0, 0.05) is 12.0 Å². The minimum Gasteiger partial charge on any atom is -0.494 e. The Morgan fingerprint density at radius 3 is 2.84 bits per heavy atom. The van der Waals surface area contributed by atoms with Gasteiger partial charge in [0.2, 0.25) is 0 Å². The Bertz CT molecular complexity index is 558. The topological polar surface area (TPSA) is 48.1 Å². The number of nitrogens with zero attached hydrogens (tertiary/aromatic N) is 1. The molecule has 19 heavy (non-hydrogen) atoms. The predicted octanol–water partition coefficient (Wildman–Crippen LogP) is 3.68. The van der Waals surface area contributed by atoms with Crippen LogP contribution < -0.4 is 10.5 Å². The molecule has 1 aromatic heterocycles. The van der Waals surface area contributed by atoms with Crippen molar-refractivity contribution in [2.45, 2.75) is 44.6 Å². The molecule has 2 N–H and O–H groups in total. The van der Waals surface area contributed by atoms with E-state index in [0.717, 1.165) is 24.1 Å². The SMILES string of the molecule is CCOc1ccc2nc(C3CCC(N)CC3)sc2c1. The van der Waals surface area contributed by atoms with E-state index in [1.807, 2.05) is 24.3 Å². The molecule has 4 heteroatoms. The lowest BCUT2D eigenvalue weighted by atomic mass is 9.87. The van der Waals surface area contributed by atoms with Crippen LogP contribution in [0.2, 0.25) is 0 Å². The van der Waals surface area contributed by atoms with Crippen LogP contribution in [0.1, 0.15) is 43.5 Å². The molecule has 3 nitrogen and oxygen atoms in total. The molecule has 0 atom stereocenters. The zero-order valence-electron chi connectivity index (χ0n) is 11.3. The van der Waals surface area contributed by atoms with Crippen molar-refractivity contribution >= 4 is 21.6 Å². The van der Waals surface area contributed by atoms with Crippen LogP contribution in [0.15, 0.2) is 18.2 Å². The van der Waals surface area contributed by atoms with Crippen molar-refractivity contribution in [3.63, 3.8) is 0 Å². The van der Waals surface area contributed by atoms with E-state index in [1.54, 1.807) is 0 Å². The van der Waals surface area contributed by atoms with Gasteiger partial charge in [-0.05, 0) is 50.8 Å². The van der Waals surface area contributed by atoms with E-state index in [2.05, 4.69) is 12.1 Å². The van der Waals surface area contributed by atoms with Gasteiger partial charge in [0.1, 0.15) is 5.75 Å². The lowest BCUT2D eigenvalue weighted by Crippen LogP contribution is -2.25. The first-order valence-corrected chi connectivity index (χ1v) is 7.86. The smallest absolute Gasteiger partial charge is 0.120 e. The summed E-state index contributed by atoms with van der Waals surface area (Å²) in [7, 11) is 0. The lowest BCUT2D eigenvalue weighted by molar-refractivity contribution is 0.341. The third-order valence-electron chi connectivity index (χ3n) is 3.81. The Balaban J connectivity index is 1.84. The number of thiazole rings is 1. The van der Waals surface area contributed by atoms with Crippen LogP contribution in [0.5, 0.6) is 5.75 Å². The van der Waals surface area contributed by atoms with Gasteiger partial charge in [-0.2, -0.15) is 0 Å². The van der Waals surface area contributed by atoms with Crippen LogP contribution in [0.4, 0.5) is 0 Å². The highest BCUT2D eigenvalue weighted by Gasteiger charge is 2.22. The molecule has 1 aromatic carbocycles. The molecule has 0 radical (unpaired) electrons. The van der Waals surface area contributed by atoms with Gasteiger partial charge >= 0.3 is 0 Å². The van der Waals surface area contributed by atoms with Crippen molar-refractivity contribution < 1.29 is 4.74 Å². The maximum Gasteiger partial charge on any atom is 0.120 e. The number of fused-ring (bicyclic) bond motifs is 1. The van der Waals surface area contributed by atoms with E-state index in [1.165, 1.54) is 22.5 Å². The van der Waals surface area contributed by atoms with Crippen molar-refractivity contribution in [1.82, 2.24) is 4.98 Å². The zero-order chi connectivity index (χ0) is 13.2. The highest BCUT2D eigenvalue weighted by Crippen LogP contribution is 2.37. The number of hydrogen-bond donors (Lipinski definition) is 1. The van der Waals surface area contributed by atoms with Gasteiger partial charge in [-0.1, -0.05) is 0 Å². The molecule has 3 rings (SSSR count). The fourth-order valence-corrected chi connectivity index (χ4v) is 3.88. The van der Waals surface area contributed by atoms with Gasteiger partial charge in [-0.15, -0.1) is 11.3 Å². The highest BCUT2D eigenvalue weighted by molar-refractivity contribution is 7.18. The van der Waals surface area contributed by atoms with Crippen molar-refractivity contribution in [3.8, 4) is 5.75 Å². The van der Waals surface area contributed by atoms with Gasteiger partial charge in [0.15, 0.2) is 0 Å². The number of hydrogen-bond acceptors (Lipinski definition) is 4. The Morgan fingerprint density at radius 2 is 2.11 bits per heavy atom. The first-order chi connectivity index (χ1) is 9.26. The largest absolute Gasteiger partial charge is 0.494 e. The van der Waals surface area contributed by atoms with Crippen molar-refractivity contribution in [2.75, 3.05) is 6.61 Å². The van der Waals surface area contributed by atoms with E-state index in [-0.39, 0.29) is 0 Å². The number of nitrogens with two attached hydrogens (primary N) is 1. The Hall–Kier alpha value is -1.13. The molecule has 0 saturated heterocycles. The minimum atomic E-state index is 0.398. The summed E-state index contributed by atoms with van der Waals surface area (Å²) >= 11 is 1.81. The normalized spacial score (nSPS) is 23.7. The van der Waals surface area contributed by atoms with Crippen LogP contribution in [0.3, 0.4) is 0 Å². The highest BCUT2D eigenvalue weighted by atomic mass is 32.1. The van der Waals surface area contributed by atoms with Crippen LogP contribution in [0, 0.1) is 0 Å². The van der Waals surface area contributed by atoms with E-state index in [9.17, 15) is 0 Å². The van der Waals surface area contributed by atoms with Crippen LogP contribution in [0.25, 0.3) is 10.2 Å². The van der Waals surface area contributed by atoms with Crippen molar-refractivity contribution in [2.24, 2.45) is 5.73 Å². The number of aromatic nitrogens is 1. The Kier molecular flexibility index (Phi) is 3.71. The Labute approximate surface area is 117 Å². The fraction of sp³-hybridized carbons (Fsp3) is 0.533. The summed E-state index contributed by atoms with van der Waals surface area (Å²) in [4.78, 5) is 4.78. The molecule has 1 aliphatic rings. The molecule has 0 bridgehead atoms. The fourth-order valence-electron chi connectivity index (χ4n) is 2.72. The summed E-state index contributed by atoms with van der Waals surface area (Å²) in [5.41, 5.74) is 7.07. The summed E-state index contributed by atoms with van der Waals surface area (Å²) in [6.45, 7) is 2.71. The van der Waals surface area contributed by atoms with Gasteiger partial charge in [-0.25, -0.2) is 4.98 Å². The van der Waals surface area contributed by atoms with Crippen LogP contribution in [-0.2, 0) is 0 Å². The van der Waals surface area contributed by atoms with Gasteiger partial charge < -0.3 is 10.5 Å². The molecule has 0 spiro atoms. The second-order valence-corrected chi connectivity index (χ2v) is 6.29. The molecular weight excluding hydrogens is 256 g/mol. The third-order valence-corrected chi connectivity index (χ3v) is 4.99. The zero-order valence-corrected chi connectivity index (χ0v) is 12.1. The molecule has 0 unspecified atom stereocenters. The molecular formula is C15H20N2OS. The third kappa shape index (κ3) is 2.74. The second-order valence-electron chi connectivity index (χ2n) is 5.23.